The third-order valence-corrected chi connectivity index (χ3v) is 2.46. The van der Waals surface area contributed by atoms with E-state index >= 15 is 0 Å². The predicted molar refractivity (Wildman–Crippen MR) is 55.6 cm³/mol. The highest BCUT2D eigenvalue weighted by Crippen LogP contribution is 2.22. The first-order valence-corrected chi connectivity index (χ1v) is 4.65. The van der Waals surface area contributed by atoms with Gasteiger partial charge in [0, 0.05) is 23.1 Å². The normalized spacial score (nSPS) is 10.9. The smallest absolute Gasteiger partial charge is 0.0459 e. The summed E-state index contributed by atoms with van der Waals surface area (Å²) in [6.45, 7) is 2.76. The summed E-state index contributed by atoms with van der Waals surface area (Å²) >= 11 is 0. The molecule has 0 fully saturated rings. The van der Waals surface area contributed by atoms with Crippen molar-refractivity contribution in [2.24, 2.45) is 5.73 Å². The molecule has 2 heteroatoms. The van der Waals surface area contributed by atoms with Crippen molar-refractivity contribution >= 4 is 10.9 Å². The van der Waals surface area contributed by atoms with Crippen molar-refractivity contribution in [3.05, 3.63) is 35.5 Å². The molecule has 68 valence electrons. The van der Waals surface area contributed by atoms with Crippen molar-refractivity contribution in [3.8, 4) is 0 Å². The Balaban J connectivity index is 2.73. The number of aromatic nitrogens is 1. The van der Waals surface area contributed by atoms with E-state index in [1.165, 1.54) is 22.2 Å². The topological polar surface area (TPSA) is 41.8 Å². The van der Waals surface area contributed by atoms with Crippen LogP contribution in [0.3, 0.4) is 0 Å². The van der Waals surface area contributed by atoms with Gasteiger partial charge in [0.05, 0.1) is 0 Å². The van der Waals surface area contributed by atoms with Gasteiger partial charge in [0.25, 0.3) is 0 Å². The van der Waals surface area contributed by atoms with E-state index in [0.717, 1.165) is 6.42 Å². The molecule has 0 radical (unpaired) electrons. The Hall–Kier alpha value is -1.28. The van der Waals surface area contributed by atoms with E-state index in [9.17, 15) is 0 Å². The summed E-state index contributed by atoms with van der Waals surface area (Å²) in [5.74, 6) is 0. The van der Waals surface area contributed by atoms with Crippen molar-refractivity contribution in [3.63, 3.8) is 0 Å². The summed E-state index contributed by atoms with van der Waals surface area (Å²) in [7, 11) is 0. The first-order valence-electron chi connectivity index (χ1n) is 4.65. The quantitative estimate of drug-likeness (QED) is 0.720. The van der Waals surface area contributed by atoms with E-state index in [4.69, 9.17) is 5.73 Å². The molecule has 0 aliphatic rings. The van der Waals surface area contributed by atoms with Gasteiger partial charge in [-0.1, -0.05) is 25.1 Å². The first kappa shape index (κ1) is 8.32. The standard InChI is InChI=1S/C11H14N2/c1-2-8-9-5-3-4-6-10(9)13-11(8)7-12/h3-6,13H,2,7,12H2,1H3. The van der Waals surface area contributed by atoms with Gasteiger partial charge in [0.15, 0.2) is 0 Å². The molecule has 2 aromatic rings. The highest BCUT2D eigenvalue weighted by Gasteiger charge is 2.06. The summed E-state index contributed by atoms with van der Waals surface area (Å²) in [6, 6.07) is 8.34. The molecule has 1 aromatic heterocycles. The van der Waals surface area contributed by atoms with Crippen molar-refractivity contribution in [2.75, 3.05) is 0 Å². The van der Waals surface area contributed by atoms with Crippen LogP contribution in [0, 0.1) is 0 Å². The summed E-state index contributed by atoms with van der Waals surface area (Å²) in [5.41, 5.74) is 9.38. The summed E-state index contributed by atoms with van der Waals surface area (Å²) in [4.78, 5) is 3.34. The van der Waals surface area contributed by atoms with Crippen LogP contribution in [-0.4, -0.2) is 4.98 Å². The largest absolute Gasteiger partial charge is 0.357 e. The van der Waals surface area contributed by atoms with E-state index in [-0.39, 0.29) is 0 Å². The Morgan fingerprint density at radius 2 is 2.08 bits per heavy atom. The molecule has 2 rings (SSSR count). The highest BCUT2D eigenvalue weighted by atomic mass is 14.8. The lowest BCUT2D eigenvalue weighted by molar-refractivity contribution is 0.973. The van der Waals surface area contributed by atoms with Crippen LogP contribution in [0.4, 0.5) is 0 Å². The van der Waals surface area contributed by atoms with Gasteiger partial charge in [-0.2, -0.15) is 0 Å². The zero-order valence-corrected chi connectivity index (χ0v) is 7.80. The Morgan fingerprint density at radius 1 is 1.31 bits per heavy atom. The minimum absolute atomic E-state index is 0.595. The van der Waals surface area contributed by atoms with Crippen LogP contribution in [0.5, 0.6) is 0 Å². The fourth-order valence-corrected chi connectivity index (χ4v) is 1.83. The predicted octanol–water partition coefficient (Wildman–Crippen LogP) is 2.19. The lowest BCUT2D eigenvalue weighted by Gasteiger charge is -1.96. The van der Waals surface area contributed by atoms with E-state index in [2.05, 4.69) is 30.1 Å². The third-order valence-electron chi connectivity index (χ3n) is 2.46. The number of para-hydroxylation sites is 1. The molecule has 0 bridgehead atoms. The van der Waals surface area contributed by atoms with E-state index in [0.29, 0.717) is 6.54 Å². The Labute approximate surface area is 77.8 Å². The maximum atomic E-state index is 5.66. The molecule has 0 spiro atoms. The van der Waals surface area contributed by atoms with Gasteiger partial charge in [-0.25, -0.2) is 0 Å². The fraction of sp³-hybridized carbons (Fsp3) is 0.273. The average Bonchev–Trinajstić information content (AvgIpc) is 2.55. The molecule has 0 unspecified atom stereocenters. The molecule has 1 aromatic carbocycles. The molecule has 0 atom stereocenters. The van der Waals surface area contributed by atoms with Gasteiger partial charge in [-0.3, -0.25) is 0 Å². The lowest BCUT2D eigenvalue weighted by Crippen LogP contribution is -1.99. The zero-order chi connectivity index (χ0) is 9.26. The van der Waals surface area contributed by atoms with Crippen LogP contribution in [-0.2, 0) is 13.0 Å². The number of aromatic amines is 1. The second kappa shape index (κ2) is 3.23. The van der Waals surface area contributed by atoms with Gasteiger partial charge in [0.1, 0.15) is 0 Å². The lowest BCUT2D eigenvalue weighted by atomic mass is 10.1. The van der Waals surface area contributed by atoms with Gasteiger partial charge >= 0.3 is 0 Å². The van der Waals surface area contributed by atoms with Crippen LogP contribution < -0.4 is 5.73 Å². The van der Waals surface area contributed by atoms with Crippen LogP contribution in [0.15, 0.2) is 24.3 Å². The number of rotatable bonds is 2. The van der Waals surface area contributed by atoms with Crippen LogP contribution in [0.2, 0.25) is 0 Å². The number of benzene rings is 1. The molecule has 0 aliphatic carbocycles. The van der Waals surface area contributed by atoms with Crippen molar-refractivity contribution < 1.29 is 0 Å². The maximum Gasteiger partial charge on any atom is 0.0459 e. The molecule has 0 aliphatic heterocycles. The number of fused-ring (bicyclic) bond motifs is 1. The number of hydrogen-bond acceptors (Lipinski definition) is 1. The van der Waals surface area contributed by atoms with Gasteiger partial charge < -0.3 is 10.7 Å². The molecule has 0 amide bonds. The van der Waals surface area contributed by atoms with Gasteiger partial charge in [-0.15, -0.1) is 0 Å². The average molecular weight is 174 g/mol. The first-order chi connectivity index (χ1) is 6.36. The Bertz CT molecular complexity index is 415. The van der Waals surface area contributed by atoms with Gasteiger partial charge in [-0.05, 0) is 18.1 Å². The SMILES string of the molecule is CCc1c(CN)[nH]c2ccccc12. The number of hydrogen-bond donors (Lipinski definition) is 2. The molecule has 0 saturated heterocycles. The monoisotopic (exact) mass is 174 g/mol. The second-order valence-corrected chi connectivity index (χ2v) is 3.19. The Kier molecular flexibility index (Phi) is 2.07. The second-order valence-electron chi connectivity index (χ2n) is 3.19. The fourth-order valence-electron chi connectivity index (χ4n) is 1.83. The van der Waals surface area contributed by atoms with Crippen LogP contribution >= 0.6 is 0 Å². The number of aryl methyl sites for hydroxylation is 1. The van der Waals surface area contributed by atoms with Crippen LogP contribution in [0.1, 0.15) is 18.2 Å². The molecule has 0 saturated carbocycles. The molecule has 3 N–H and O–H groups in total. The zero-order valence-electron chi connectivity index (χ0n) is 7.80. The number of nitrogens with one attached hydrogen (secondary N) is 1. The minimum atomic E-state index is 0.595. The summed E-state index contributed by atoms with van der Waals surface area (Å²) < 4.78 is 0. The van der Waals surface area contributed by atoms with Crippen molar-refractivity contribution in [2.45, 2.75) is 19.9 Å². The van der Waals surface area contributed by atoms with Crippen molar-refractivity contribution in [1.82, 2.24) is 4.98 Å². The molecule has 1 heterocycles. The third kappa shape index (κ3) is 1.23. The number of H-pyrrole nitrogens is 1. The van der Waals surface area contributed by atoms with E-state index in [1.54, 1.807) is 0 Å². The van der Waals surface area contributed by atoms with Gasteiger partial charge in [0.2, 0.25) is 0 Å². The van der Waals surface area contributed by atoms with E-state index < -0.39 is 0 Å². The minimum Gasteiger partial charge on any atom is -0.357 e. The molecule has 13 heavy (non-hydrogen) atoms. The molecular weight excluding hydrogens is 160 g/mol. The maximum absolute atomic E-state index is 5.66. The number of nitrogens with two attached hydrogens (primary N) is 1. The molecular formula is C11H14N2. The van der Waals surface area contributed by atoms with E-state index in [1.807, 2.05) is 6.07 Å². The summed E-state index contributed by atoms with van der Waals surface area (Å²) in [6.07, 6.45) is 1.04. The molecule has 2 nitrogen and oxygen atoms in total. The highest BCUT2D eigenvalue weighted by molar-refractivity contribution is 5.84. The Morgan fingerprint density at radius 3 is 2.77 bits per heavy atom. The van der Waals surface area contributed by atoms with Crippen molar-refractivity contribution in [1.29, 1.82) is 0 Å². The van der Waals surface area contributed by atoms with Crippen LogP contribution in [0.25, 0.3) is 10.9 Å². The summed E-state index contributed by atoms with van der Waals surface area (Å²) in [5, 5.41) is 1.31.